The second-order valence-corrected chi connectivity index (χ2v) is 5.72. The van der Waals surface area contributed by atoms with E-state index < -0.39 is 0 Å². The van der Waals surface area contributed by atoms with Gasteiger partial charge in [0.05, 0.1) is 6.61 Å². The highest BCUT2D eigenvalue weighted by Crippen LogP contribution is 2.37. The van der Waals surface area contributed by atoms with Gasteiger partial charge in [-0.15, -0.1) is 0 Å². The molecule has 1 aromatic rings. The van der Waals surface area contributed by atoms with E-state index in [9.17, 15) is 9.59 Å². The zero-order valence-corrected chi connectivity index (χ0v) is 13.2. The third kappa shape index (κ3) is 5.06. The summed E-state index contributed by atoms with van der Waals surface area (Å²) in [6.07, 6.45) is 1.27. The topological polar surface area (TPSA) is 67.4 Å². The van der Waals surface area contributed by atoms with Gasteiger partial charge in [0.2, 0.25) is 11.8 Å². The van der Waals surface area contributed by atoms with E-state index in [0.29, 0.717) is 32.0 Å². The number of carbonyl (C=O) groups is 2. The molecule has 2 atom stereocenters. The Bertz CT molecular complexity index is 530. The van der Waals surface area contributed by atoms with Gasteiger partial charge in [0.25, 0.3) is 0 Å². The molecule has 1 saturated carbocycles. The van der Waals surface area contributed by atoms with Crippen molar-refractivity contribution < 1.29 is 14.3 Å². The number of carbonyl (C=O) groups excluding carboxylic acids is 2. The Hall–Kier alpha value is -2.04. The summed E-state index contributed by atoms with van der Waals surface area (Å²) in [4.78, 5) is 23.4. The van der Waals surface area contributed by atoms with Gasteiger partial charge in [-0.2, -0.15) is 0 Å². The summed E-state index contributed by atoms with van der Waals surface area (Å²) in [5.74, 6) is 1.46. The minimum atomic E-state index is -0.0639. The maximum atomic E-state index is 11.8. The van der Waals surface area contributed by atoms with Crippen LogP contribution >= 0.6 is 0 Å². The Balaban J connectivity index is 1.64. The van der Waals surface area contributed by atoms with Crippen molar-refractivity contribution in [2.45, 2.75) is 33.2 Å². The van der Waals surface area contributed by atoms with Crippen LogP contribution in [0.15, 0.2) is 24.3 Å². The lowest BCUT2D eigenvalue weighted by atomic mass is 10.2. The van der Waals surface area contributed by atoms with E-state index >= 15 is 0 Å². The van der Waals surface area contributed by atoms with Gasteiger partial charge in [-0.25, -0.2) is 0 Å². The van der Waals surface area contributed by atoms with E-state index in [0.717, 1.165) is 17.7 Å². The van der Waals surface area contributed by atoms with Gasteiger partial charge < -0.3 is 15.4 Å². The van der Waals surface area contributed by atoms with Crippen LogP contribution in [0.25, 0.3) is 0 Å². The Kier molecular flexibility index (Phi) is 5.81. The minimum absolute atomic E-state index is 0.0639. The van der Waals surface area contributed by atoms with Crippen molar-refractivity contribution in [3.8, 4) is 5.75 Å². The molecule has 0 radical (unpaired) electrons. The van der Waals surface area contributed by atoms with Crippen molar-refractivity contribution in [3.63, 3.8) is 0 Å². The number of nitrogens with one attached hydrogen (secondary N) is 2. The molecule has 1 aliphatic rings. The van der Waals surface area contributed by atoms with Crippen molar-refractivity contribution in [2.75, 3.05) is 13.2 Å². The van der Waals surface area contributed by atoms with Crippen LogP contribution in [0.1, 0.15) is 32.3 Å². The highest BCUT2D eigenvalue weighted by Gasteiger charge is 2.38. The van der Waals surface area contributed by atoms with Crippen molar-refractivity contribution in [2.24, 2.45) is 11.8 Å². The first-order chi connectivity index (χ1) is 10.6. The van der Waals surface area contributed by atoms with Crippen LogP contribution in [0.4, 0.5) is 0 Å². The van der Waals surface area contributed by atoms with Gasteiger partial charge in [0, 0.05) is 25.4 Å². The van der Waals surface area contributed by atoms with Gasteiger partial charge in [-0.1, -0.05) is 19.1 Å². The van der Waals surface area contributed by atoms with Gasteiger partial charge in [-0.05, 0) is 37.0 Å². The average Bonchev–Trinajstić information content (AvgIpc) is 3.23. The van der Waals surface area contributed by atoms with Crippen molar-refractivity contribution in [3.05, 3.63) is 29.8 Å². The Morgan fingerprint density at radius 1 is 1.32 bits per heavy atom. The molecule has 22 heavy (non-hydrogen) atoms. The highest BCUT2D eigenvalue weighted by atomic mass is 16.5. The van der Waals surface area contributed by atoms with E-state index in [-0.39, 0.29) is 17.7 Å². The van der Waals surface area contributed by atoms with Gasteiger partial charge in [-0.3, -0.25) is 9.59 Å². The normalized spacial score (nSPS) is 19.4. The number of ether oxygens (including phenoxy) is 1. The molecule has 0 unspecified atom stereocenters. The molecule has 0 bridgehead atoms. The maximum absolute atomic E-state index is 11.8. The second-order valence-electron chi connectivity index (χ2n) is 5.72. The number of hydrogen-bond acceptors (Lipinski definition) is 3. The molecule has 5 heteroatoms. The molecule has 1 aliphatic carbocycles. The molecule has 120 valence electrons. The third-order valence-electron chi connectivity index (χ3n) is 3.80. The van der Waals surface area contributed by atoms with Crippen LogP contribution in [0.2, 0.25) is 0 Å². The lowest BCUT2D eigenvalue weighted by molar-refractivity contribution is -0.123. The van der Waals surface area contributed by atoms with Crippen LogP contribution in [0.5, 0.6) is 5.75 Å². The van der Waals surface area contributed by atoms with E-state index in [1.807, 2.05) is 31.2 Å². The molecule has 0 spiro atoms. The number of hydrogen-bond donors (Lipinski definition) is 2. The second kappa shape index (κ2) is 7.82. The SMILES string of the molecule is CCOc1cccc(CNC(=O)CCNC(=O)[C@H]2C[C@@H]2C)c1. The summed E-state index contributed by atoms with van der Waals surface area (Å²) in [5, 5.41) is 5.66. The molecule has 2 amide bonds. The highest BCUT2D eigenvalue weighted by molar-refractivity contribution is 5.82. The van der Waals surface area contributed by atoms with Crippen molar-refractivity contribution in [1.29, 1.82) is 0 Å². The van der Waals surface area contributed by atoms with Crippen LogP contribution in [-0.4, -0.2) is 25.0 Å². The van der Waals surface area contributed by atoms with E-state index in [2.05, 4.69) is 17.6 Å². The molecule has 5 nitrogen and oxygen atoms in total. The number of benzene rings is 1. The van der Waals surface area contributed by atoms with E-state index in [1.54, 1.807) is 0 Å². The molecule has 0 saturated heterocycles. The zero-order chi connectivity index (χ0) is 15.9. The summed E-state index contributed by atoms with van der Waals surface area (Å²) in [7, 11) is 0. The minimum Gasteiger partial charge on any atom is -0.494 e. The molecular formula is C17H24N2O3. The Labute approximate surface area is 131 Å². The molecule has 2 rings (SSSR count). The van der Waals surface area contributed by atoms with Crippen molar-refractivity contribution in [1.82, 2.24) is 10.6 Å². The van der Waals surface area contributed by atoms with Crippen molar-refractivity contribution >= 4 is 11.8 Å². The van der Waals surface area contributed by atoms with E-state index in [1.165, 1.54) is 0 Å². The average molecular weight is 304 g/mol. The monoisotopic (exact) mass is 304 g/mol. The molecular weight excluding hydrogens is 280 g/mol. The summed E-state index contributed by atoms with van der Waals surface area (Å²) < 4.78 is 5.42. The number of rotatable bonds is 8. The smallest absolute Gasteiger partial charge is 0.223 e. The predicted octanol–water partition coefficient (Wildman–Crippen LogP) is 1.86. The fraction of sp³-hybridized carbons (Fsp3) is 0.529. The first-order valence-corrected chi connectivity index (χ1v) is 7.86. The molecule has 2 N–H and O–H groups in total. The summed E-state index contributed by atoms with van der Waals surface area (Å²) in [6.45, 7) is 5.48. The van der Waals surface area contributed by atoms with Crippen LogP contribution in [0.3, 0.4) is 0 Å². The van der Waals surface area contributed by atoms with Gasteiger partial charge in [0.1, 0.15) is 5.75 Å². The van der Waals surface area contributed by atoms with Gasteiger partial charge >= 0.3 is 0 Å². The Morgan fingerprint density at radius 2 is 2.09 bits per heavy atom. The lowest BCUT2D eigenvalue weighted by Gasteiger charge is -2.08. The first kappa shape index (κ1) is 16.3. The molecule has 1 fully saturated rings. The zero-order valence-electron chi connectivity index (χ0n) is 13.2. The first-order valence-electron chi connectivity index (χ1n) is 7.86. The van der Waals surface area contributed by atoms with Crippen LogP contribution in [0, 0.1) is 11.8 Å². The van der Waals surface area contributed by atoms with E-state index in [4.69, 9.17) is 4.74 Å². The summed E-state index contributed by atoms with van der Waals surface area (Å²) in [5.41, 5.74) is 0.996. The molecule has 0 aliphatic heterocycles. The fourth-order valence-corrected chi connectivity index (χ4v) is 2.32. The quantitative estimate of drug-likeness (QED) is 0.770. The van der Waals surface area contributed by atoms with Gasteiger partial charge in [0.15, 0.2) is 0 Å². The fourth-order valence-electron chi connectivity index (χ4n) is 2.32. The largest absolute Gasteiger partial charge is 0.494 e. The summed E-state index contributed by atoms with van der Waals surface area (Å²) >= 11 is 0. The van der Waals surface area contributed by atoms with Crippen LogP contribution < -0.4 is 15.4 Å². The van der Waals surface area contributed by atoms with Crippen LogP contribution in [-0.2, 0) is 16.1 Å². The molecule has 0 aromatic heterocycles. The number of amides is 2. The Morgan fingerprint density at radius 3 is 2.77 bits per heavy atom. The predicted molar refractivity (Wildman–Crippen MR) is 84.4 cm³/mol. The lowest BCUT2D eigenvalue weighted by Crippen LogP contribution is -2.31. The summed E-state index contributed by atoms with van der Waals surface area (Å²) in [6, 6.07) is 7.66. The molecule has 0 heterocycles. The third-order valence-corrected chi connectivity index (χ3v) is 3.80. The standard InChI is InChI=1S/C17H24N2O3/c1-3-22-14-6-4-5-13(10-14)11-19-16(20)7-8-18-17(21)15-9-12(15)2/h4-6,10,12,15H,3,7-9,11H2,1-2H3,(H,18,21)(H,19,20)/t12-,15-/m0/s1. The molecule has 1 aromatic carbocycles. The maximum Gasteiger partial charge on any atom is 0.223 e.